The van der Waals surface area contributed by atoms with Crippen molar-refractivity contribution in [2.75, 3.05) is 19.7 Å². The van der Waals surface area contributed by atoms with Crippen molar-refractivity contribution < 1.29 is 14.9 Å². The van der Waals surface area contributed by atoms with E-state index in [2.05, 4.69) is 31.7 Å². The van der Waals surface area contributed by atoms with Crippen LogP contribution in [0.2, 0.25) is 0 Å². The normalized spacial score (nSPS) is 29.0. The maximum absolute atomic E-state index is 10.7. The van der Waals surface area contributed by atoms with Crippen molar-refractivity contribution in [1.82, 2.24) is 4.90 Å². The third kappa shape index (κ3) is 3.76. The number of aliphatic hydroxyl groups excluding tert-OH is 1. The van der Waals surface area contributed by atoms with Crippen LogP contribution in [-0.2, 0) is 11.2 Å². The van der Waals surface area contributed by atoms with E-state index in [0.717, 1.165) is 32.4 Å². The molecule has 0 spiro atoms. The predicted molar refractivity (Wildman–Crippen MR) is 95.2 cm³/mol. The van der Waals surface area contributed by atoms with Crippen LogP contribution in [0.15, 0.2) is 18.2 Å². The highest BCUT2D eigenvalue weighted by Crippen LogP contribution is 2.37. The number of phenolic OH excluding ortho intramolecular Hbond substituents is 1. The monoisotopic (exact) mass is 333 g/mol. The van der Waals surface area contributed by atoms with E-state index in [0.29, 0.717) is 30.7 Å². The highest BCUT2D eigenvalue weighted by Gasteiger charge is 2.35. The lowest BCUT2D eigenvalue weighted by Gasteiger charge is -2.41. The second-order valence-electron chi connectivity index (χ2n) is 8.08. The summed E-state index contributed by atoms with van der Waals surface area (Å²) in [6.45, 7) is 9.01. The Bertz CT molecular complexity index is 566. The number of hydrogen-bond donors (Lipinski definition) is 2. The van der Waals surface area contributed by atoms with Gasteiger partial charge in [-0.15, -0.1) is 0 Å². The molecule has 0 aromatic heterocycles. The Morgan fingerprint density at radius 1 is 1.38 bits per heavy atom. The summed E-state index contributed by atoms with van der Waals surface area (Å²) in [7, 11) is 0. The van der Waals surface area contributed by atoms with Crippen LogP contribution in [0.25, 0.3) is 0 Å². The zero-order valence-corrected chi connectivity index (χ0v) is 15.2. The molecule has 1 aromatic rings. The number of phenols is 1. The fraction of sp³-hybridized carbons (Fsp3) is 0.700. The first-order valence-corrected chi connectivity index (χ1v) is 9.26. The molecule has 3 unspecified atom stereocenters. The van der Waals surface area contributed by atoms with Gasteiger partial charge in [0, 0.05) is 32.2 Å². The molecule has 0 saturated carbocycles. The quantitative estimate of drug-likeness (QED) is 0.868. The van der Waals surface area contributed by atoms with Crippen LogP contribution >= 0.6 is 0 Å². The Morgan fingerprint density at radius 2 is 2.17 bits per heavy atom. The molecule has 3 rings (SSSR count). The SMILES string of the molecule is CC(C)C1c2ccc(O)cc2CCN1CC(O)CC1(C)CCCO1. The molecule has 0 amide bonds. The number of nitrogens with zero attached hydrogens (tertiary/aromatic N) is 1. The summed E-state index contributed by atoms with van der Waals surface area (Å²) < 4.78 is 5.84. The number of aliphatic hydroxyl groups is 1. The van der Waals surface area contributed by atoms with E-state index in [-0.39, 0.29) is 11.7 Å². The zero-order valence-electron chi connectivity index (χ0n) is 15.2. The van der Waals surface area contributed by atoms with Crippen molar-refractivity contribution in [3.63, 3.8) is 0 Å². The van der Waals surface area contributed by atoms with Crippen LogP contribution in [0.1, 0.15) is 57.2 Å². The summed E-state index contributed by atoms with van der Waals surface area (Å²) in [5.41, 5.74) is 2.38. The Morgan fingerprint density at radius 3 is 2.83 bits per heavy atom. The maximum Gasteiger partial charge on any atom is 0.115 e. The summed E-state index contributed by atoms with van der Waals surface area (Å²) in [6.07, 6.45) is 3.40. The highest BCUT2D eigenvalue weighted by molar-refractivity contribution is 5.38. The molecule has 1 aromatic carbocycles. The predicted octanol–water partition coefficient (Wildman–Crippen LogP) is 3.27. The molecule has 134 valence electrons. The Balaban J connectivity index is 1.71. The van der Waals surface area contributed by atoms with E-state index in [4.69, 9.17) is 4.74 Å². The fourth-order valence-electron chi connectivity index (χ4n) is 4.51. The first kappa shape index (κ1) is 17.7. The van der Waals surface area contributed by atoms with Gasteiger partial charge >= 0.3 is 0 Å². The van der Waals surface area contributed by atoms with Gasteiger partial charge in [0.05, 0.1) is 11.7 Å². The lowest BCUT2D eigenvalue weighted by molar-refractivity contribution is -0.0336. The maximum atomic E-state index is 10.7. The first-order valence-electron chi connectivity index (χ1n) is 9.26. The summed E-state index contributed by atoms with van der Waals surface area (Å²) in [4.78, 5) is 2.41. The topological polar surface area (TPSA) is 52.9 Å². The second-order valence-corrected chi connectivity index (χ2v) is 8.08. The van der Waals surface area contributed by atoms with Gasteiger partial charge in [-0.05, 0) is 55.4 Å². The summed E-state index contributed by atoms with van der Waals surface area (Å²) in [6, 6.07) is 6.02. The molecule has 1 saturated heterocycles. The van der Waals surface area contributed by atoms with Crippen molar-refractivity contribution >= 4 is 0 Å². The number of ether oxygens (including phenoxy) is 1. The zero-order chi connectivity index (χ0) is 17.3. The smallest absolute Gasteiger partial charge is 0.115 e. The van der Waals surface area contributed by atoms with E-state index in [1.807, 2.05) is 6.07 Å². The van der Waals surface area contributed by atoms with Gasteiger partial charge in [-0.1, -0.05) is 19.9 Å². The van der Waals surface area contributed by atoms with Gasteiger partial charge in [-0.3, -0.25) is 4.90 Å². The highest BCUT2D eigenvalue weighted by atomic mass is 16.5. The molecule has 2 aliphatic heterocycles. The number of hydrogen-bond acceptors (Lipinski definition) is 4. The molecular weight excluding hydrogens is 302 g/mol. The molecule has 4 heteroatoms. The van der Waals surface area contributed by atoms with Crippen LogP contribution in [0.4, 0.5) is 0 Å². The largest absolute Gasteiger partial charge is 0.508 e. The number of benzene rings is 1. The van der Waals surface area contributed by atoms with Crippen molar-refractivity contribution in [2.45, 2.75) is 64.2 Å². The summed E-state index contributed by atoms with van der Waals surface area (Å²) in [5, 5.41) is 20.4. The summed E-state index contributed by atoms with van der Waals surface area (Å²) in [5.74, 6) is 0.801. The molecular formula is C20H31NO3. The van der Waals surface area contributed by atoms with E-state index in [1.165, 1.54) is 11.1 Å². The van der Waals surface area contributed by atoms with E-state index in [9.17, 15) is 10.2 Å². The average molecular weight is 333 g/mol. The second kappa shape index (κ2) is 7.03. The van der Waals surface area contributed by atoms with Gasteiger partial charge in [-0.2, -0.15) is 0 Å². The van der Waals surface area contributed by atoms with Crippen LogP contribution < -0.4 is 0 Å². The molecule has 2 heterocycles. The summed E-state index contributed by atoms with van der Waals surface area (Å²) >= 11 is 0. The van der Waals surface area contributed by atoms with E-state index in [1.54, 1.807) is 6.07 Å². The molecule has 1 fully saturated rings. The van der Waals surface area contributed by atoms with Gasteiger partial charge in [0.1, 0.15) is 5.75 Å². The van der Waals surface area contributed by atoms with E-state index >= 15 is 0 Å². The van der Waals surface area contributed by atoms with Crippen LogP contribution in [0.5, 0.6) is 5.75 Å². The minimum absolute atomic E-state index is 0.160. The number of β-amino-alcohol motifs (C(OH)–C–C–N with tert-alkyl or cyclic N) is 1. The van der Waals surface area contributed by atoms with Gasteiger partial charge < -0.3 is 14.9 Å². The Kier molecular flexibility index (Phi) is 5.19. The van der Waals surface area contributed by atoms with Crippen LogP contribution in [0, 0.1) is 5.92 Å². The van der Waals surface area contributed by atoms with Gasteiger partial charge in [0.25, 0.3) is 0 Å². The molecule has 2 N–H and O–H groups in total. The molecule has 0 radical (unpaired) electrons. The lowest BCUT2D eigenvalue weighted by Crippen LogP contribution is -2.44. The van der Waals surface area contributed by atoms with Crippen LogP contribution in [0.3, 0.4) is 0 Å². The first-order chi connectivity index (χ1) is 11.4. The van der Waals surface area contributed by atoms with Gasteiger partial charge in [0.15, 0.2) is 0 Å². The number of fused-ring (bicyclic) bond motifs is 1. The van der Waals surface area contributed by atoms with Gasteiger partial charge in [-0.25, -0.2) is 0 Å². The van der Waals surface area contributed by atoms with Crippen molar-refractivity contribution in [3.05, 3.63) is 29.3 Å². The lowest BCUT2D eigenvalue weighted by atomic mass is 9.85. The minimum atomic E-state index is -0.368. The van der Waals surface area contributed by atoms with Crippen LogP contribution in [-0.4, -0.2) is 46.5 Å². The van der Waals surface area contributed by atoms with Crippen molar-refractivity contribution in [2.24, 2.45) is 5.92 Å². The molecule has 2 aliphatic rings. The van der Waals surface area contributed by atoms with E-state index < -0.39 is 0 Å². The molecule has 0 aliphatic carbocycles. The van der Waals surface area contributed by atoms with Gasteiger partial charge in [0.2, 0.25) is 0 Å². The molecule has 3 atom stereocenters. The number of rotatable bonds is 5. The van der Waals surface area contributed by atoms with Crippen molar-refractivity contribution in [3.8, 4) is 5.75 Å². The minimum Gasteiger partial charge on any atom is -0.508 e. The molecule has 24 heavy (non-hydrogen) atoms. The average Bonchev–Trinajstić information content (AvgIpc) is 2.92. The Labute approximate surface area is 145 Å². The number of aromatic hydroxyl groups is 1. The third-order valence-corrected chi connectivity index (χ3v) is 5.55. The standard InChI is InChI=1S/C20H31NO3/c1-14(2)19-18-6-5-16(22)11-15(18)7-9-21(19)13-17(23)12-20(3)8-4-10-24-20/h5-6,11,14,17,19,22-23H,4,7-10,12-13H2,1-3H3. The third-order valence-electron chi connectivity index (χ3n) is 5.55. The Hall–Kier alpha value is -1.10. The molecule has 0 bridgehead atoms. The van der Waals surface area contributed by atoms with Crippen molar-refractivity contribution in [1.29, 1.82) is 0 Å². The molecule has 4 nitrogen and oxygen atoms in total. The fourth-order valence-corrected chi connectivity index (χ4v) is 4.51.